The van der Waals surface area contributed by atoms with Crippen molar-refractivity contribution in [2.75, 3.05) is 46.2 Å². The molecule has 2 aliphatic heterocycles. The largest absolute Gasteiger partial charge is 0.494 e. The molecule has 1 amide bonds. The van der Waals surface area contributed by atoms with Crippen LogP contribution in [0.25, 0.3) is 0 Å². The van der Waals surface area contributed by atoms with Crippen molar-refractivity contribution < 1.29 is 37.0 Å². The van der Waals surface area contributed by atoms with Gasteiger partial charge in [-0.3, -0.25) is 9.69 Å². The van der Waals surface area contributed by atoms with Gasteiger partial charge in [0, 0.05) is 18.7 Å². The number of nitrogens with zero attached hydrogens (tertiary/aromatic N) is 2. The summed E-state index contributed by atoms with van der Waals surface area (Å²) in [6.45, 7) is 6.11. The van der Waals surface area contributed by atoms with Gasteiger partial charge in [0.25, 0.3) is 15.9 Å². The summed E-state index contributed by atoms with van der Waals surface area (Å²) in [5.74, 6) is -1.38. The molecule has 0 aromatic heterocycles. The van der Waals surface area contributed by atoms with Crippen molar-refractivity contribution in [3.05, 3.63) is 45.4 Å². The number of esters is 1. The second kappa shape index (κ2) is 12.0. The zero-order valence-electron chi connectivity index (χ0n) is 21.0. The number of rotatable bonds is 11. The van der Waals surface area contributed by atoms with Crippen molar-refractivity contribution in [1.29, 1.82) is 0 Å². The molecule has 0 saturated carbocycles. The minimum absolute atomic E-state index is 0.00854. The molecule has 0 unspecified atom stereocenters. The Labute approximate surface area is 231 Å². The number of benzene rings is 2. The molecule has 0 bridgehead atoms. The fourth-order valence-electron chi connectivity index (χ4n) is 4.29. The summed E-state index contributed by atoms with van der Waals surface area (Å²) in [7, 11) is -4.35. The van der Waals surface area contributed by atoms with Gasteiger partial charge < -0.3 is 18.9 Å². The second-order valence-electron chi connectivity index (χ2n) is 8.51. The Bertz CT molecular complexity index is 1330. The van der Waals surface area contributed by atoms with E-state index >= 15 is 0 Å². The van der Waals surface area contributed by atoms with Crippen molar-refractivity contribution in [2.24, 2.45) is 0 Å². The summed E-state index contributed by atoms with van der Waals surface area (Å²) in [6.07, 6.45) is 2.30. The van der Waals surface area contributed by atoms with Crippen LogP contribution in [-0.2, 0) is 14.8 Å². The molecule has 38 heavy (non-hydrogen) atoms. The first-order chi connectivity index (χ1) is 18.2. The molecule has 4 rings (SSSR count). The Kier molecular flexibility index (Phi) is 8.92. The first kappa shape index (κ1) is 28.3. The molecule has 10 nitrogen and oxygen atoms in total. The molecule has 13 heteroatoms. The monoisotopic (exact) mass is 586 g/mol. The highest BCUT2D eigenvalue weighted by molar-refractivity contribution is 7.90. The molecule has 2 heterocycles. The highest BCUT2D eigenvalue weighted by atomic mass is 35.5. The maximum Gasteiger partial charge on any atom is 0.343 e. The van der Waals surface area contributed by atoms with E-state index in [4.69, 9.17) is 42.1 Å². The summed E-state index contributed by atoms with van der Waals surface area (Å²) in [5, 5.41) is -0.0754. The summed E-state index contributed by atoms with van der Waals surface area (Å²) in [4.78, 5) is 28.0. The first-order valence-electron chi connectivity index (χ1n) is 12.2. The van der Waals surface area contributed by atoms with Gasteiger partial charge in [0.15, 0.2) is 6.73 Å². The quantitative estimate of drug-likeness (QED) is 0.357. The van der Waals surface area contributed by atoms with Crippen LogP contribution < -0.4 is 14.2 Å². The zero-order chi connectivity index (χ0) is 27.4. The van der Waals surface area contributed by atoms with E-state index in [0.717, 1.165) is 25.9 Å². The number of likely N-dealkylation sites (tertiary alicyclic amines) is 1. The van der Waals surface area contributed by atoms with E-state index in [9.17, 15) is 18.0 Å². The molecule has 0 spiro atoms. The Morgan fingerprint density at radius 2 is 1.71 bits per heavy atom. The van der Waals surface area contributed by atoms with Crippen LogP contribution in [0.15, 0.2) is 29.2 Å². The molecule has 0 atom stereocenters. The highest BCUT2D eigenvalue weighted by Crippen LogP contribution is 2.40. The van der Waals surface area contributed by atoms with Crippen molar-refractivity contribution in [2.45, 2.75) is 31.6 Å². The second-order valence-corrected chi connectivity index (χ2v) is 11.1. The first-order valence-corrected chi connectivity index (χ1v) is 14.4. The number of hydrogen-bond donors (Lipinski definition) is 0. The van der Waals surface area contributed by atoms with Gasteiger partial charge >= 0.3 is 5.97 Å². The Morgan fingerprint density at radius 3 is 2.39 bits per heavy atom. The summed E-state index contributed by atoms with van der Waals surface area (Å²) in [6, 6.07) is 5.67. The minimum Gasteiger partial charge on any atom is -0.494 e. The van der Waals surface area contributed by atoms with Gasteiger partial charge in [0.1, 0.15) is 39.9 Å². The number of halogens is 2. The number of ether oxygens (including phenoxy) is 4. The van der Waals surface area contributed by atoms with Crippen LogP contribution in [0, 0.1) is 0 Å². The molecule has 2 aromatic carbocycles. The van der Waals surface area contributed by atoms with E-state index in [0.29, 0.717) is 17.5 Å². The third-order valence-corrected chi connectivity index (χ3v) is 8.51. The lowest BCUT2D eigenvalue weighted by atomic mass is 10.1. The van der Waals surface area contributed by atoms with E-state index in [-0.39, 0.29) is 56.5 Å². The van der Waals surface area contributed by atoms with Crippen LogP contribution in [-0.4, -0.2) is 75.7 Å². The standard InChI is InChI=1S/C25H28Cl2N2O8S/c1-3-34-16-13-19(35-4-2)22-20(14-16)38(32,33)29(24(22)30)15-37-25(31)21-17(26)7-8-18(23(21)27)36-12-11-28-9-5-6-10-28/h7-8,13-14H,3-6,9-12,15H2,1-2H3. The van der Waals surface area contributed by atoms with Crippen LogP contribution in [0.3, 0.4) is 0 Å². The lowest BCUT2D eigenvalue weighted by Crippen LogP contribution is -2.33. The maximum absolute atomic E-state index is 13.2. The smallest absolute Gasteiger partial charge is 0.343 e. The fourth-order valence-corrected chi connectivity index (χ4v) is 6.32. The summed E-state index contributed by atoms with van der Waals surface area (Å²) >= 11 is 12.6. The van der Waals surface area contributed by atoms with Crippen molar-refractivity contribution in [3.63, 3.8) is 0 Å². The van der Waals surface area contributed by atoms with E-state index in [1.807, 2.05) is 0 Å². The van der Waals surface area contributed by atoms with Gasteiger partial charge in [0.2, 0.25) is 0 Å². The van der Waals surface area contributed by atoms with E-state index < -0.39 is 28.6 Å². The minimum atomic E-state index is -4.35. The van der Waals surface area contributed by atoms with Crippen molar-refractivity contribution in [3.8, 4) is 17.2 Å². The van der Waals surface area contributed by atoms with Crippen molar-refractivity contribution >= 4 is 45.1 Å². The third kappa shape index (κ3) is 5.66. The molecule has 0 radical (unpaired) electrons. The third-order valence-electron chi connectivity index (χ3n) is 6.10. The fraction of sp³-hybridized carbons (Fsp3) is 0.440. The predicted molar refractivity (Wildman–Crippen MR) is 140 cm³/mol. The maximum atomic E-state index is 13.2. The molecule has 0 N–H and O–H groups in total. The highest BCUT2D eigenvalue weighted by Gasteiger charge is 2.45. The molecule has 206 valence electrons. The molecule has 2 aliphatic rings. The number of sulfonamides is 1. The van der Waals surface area contributed by atoms with Crippen LogP contribution in [0.4, 0.5) is 0 Å². The van der Waals surface area contributed by atoms with Crippen LogP contribution in [0.1, 0.15) is 47.4 Å². The SMILES string of the molecule is CCOc1cc(OCC)c2c(c1)S(=O)(=O)N(COC(=O)c1c(Cl)ccc(OCCN3CCCC3)c1Cl)C2=O. The predicted octanol–water partition coefficient (Wildman–Crippen LogP) is 4.22. The molecular formula is C25H28Cl2N2O8S. The summed E-state index contributed by atoms with van der Waals surface area (Å²) < 4.78 is 48.7. The average Bonchev–Trinajstić information content (AvgIpc) is 3.45. The normalized spacial score (nSPS) is 16.4. The van der Waals surface area contributed by atoms with Crippen LogP contribution in [0.2, 0.25) is 10.0 Å². The van der Waals surface area contributed by atoms with Gasteiger partial charge in [0.05, 0.1) is 23.3 Å². The number of carbonyl (C=O) groups is 2. The molecule has 2 aromatic rings. The van der Waals surface area contributed by atoms with Gasteiger partial charge in [-0.05, 0) is 51.9 Å². The lowest BCUT2D eigenvalue weighted by Gasteiger charge is -2.18. The Hall–Kier alpha value is -2.73. The van der Waals surface area contributed by atoms with E-state index in [1.54, 1.807) is 19.9 Å². The number of hydrogen-bond acceptors (Lipinski definition) is 9. The van der Waals surface area contributed by atoms with Crippen LogP contribution >= 0.6 is 23.2 Å². The van der Waals surface area contributed by atoms with Crippen LogP contribution in [0.5, 0.6) is 17.2 Å². The van der Waals surface area contributed by atoms with E-state index in [2.05, 4.69) is 4.90 Å². The number of amides is 1. The topological polar surface area (TPSA) is 112 Å². The Balaban J connectivity index is 1.50. The molecule has 1 fully saturated rings. The Morgan fingerprint density at radius 1 is 1.00 bits per heavy atom. The number of carbonyl (C=O) groups excluding carboxylic acids is 2. The zero-order valence-corrected chi connectivity index (χ0v) is 23.3. The number of fused-ring (bicyclic) bond motifs is 1. The average molecular weight is 587 g/mol. The van der Waals surface area contributed by atoms with E-state index in [1.165, 1.54) is 18.2 Å². The van der Waals surface area contributed by atoms with Gasteiger partial charge in [-0.25, -0.2) is 13.2 Å². The lowest BCUT2D eigenvalue weighted by molar-refractivity contribution is 0.0357. The van der Waals surface area contributed by atoms with Gasteiger partial charge in [-0.1, -0.05) is 23.2 Å². The molecular weight excluding hydrogens is 559 g/mol. The van der Waals surface area contributed by atoms with Gasteiger partial charge in [-0.2, -0.15) is 4.31 Å². The molecule has 0 aliphatic carbocycles. The summed E-state index contributed by atoms with van der Waals surface area (Å²) in [5.41, 5.74) is -0.349. The van der Waals surface area contributed by atoms with Gasteiger partial charge in [-0.15, -0.1) is 0 Å². The van der Waals surface area contributed by atoms with Crippen molar-refractivity contribution in [1.82, 2.24) is 9.21 Å². The molecule has 1 saturated heterocycles.